The third-order valence-electron chi connectivity index (χ3n) is 3.42. The van der Waals surface area contributed by atoms with Crippen LogP contribution in [0.1, 0.15) is 29.3 Å². The van der Waals surface area contributed by atoms with Crippen LogP contribution in [0.3, 0.4) is 0 Å². The molecule has 1 unspecified atom stereocenters. The van der Waals surface area contributed by atoms with E-state index in [1.165, 1.54) is 6.07 Å². The summed E-state index contributed by atoms with van der Waals surface area (Å²) in [7, 11) is 0. The van der Waals surface area contributed by atoms with E-state index in [-0.39, 0.29) is 18.2 Å². The van der Waals surface area contributed by atoms with Gasteiger partial charge in [0.15, 0.2) is 5.78 Å². The Bertz CT molecular complexity index is 719. The lowest BCUT2D eigenvalue weighted by Gasteiger charge is -2.13. The second-order valence-electron chi connectivity index (χ2n) is 5.24. The molecule has 2 rings (SSSR count). The topological polar surface area (TPSA) is 78.4 Å². The standard InChI is InChI=1S/C18H19ClN2O3/c1-2-16(22)20-11-17(23)21-15-9-8-13(19)10-14(15)18(24)12-6-4-3-5-7-12/h3-10,16,20,22H,2,11H2,1H3,(H,21,23). The Hall–Kier alpha value is -2.21. The van der Waals surface area contributed by atoms with Crippen molar-refractivity contribution < 1.29 is 14.7 Å². The van der Waals surface area contributed by atoms with Gasteiger partial charge < -0.3 is 10.4 Å². The number of amides is 1. The molecule has 2 aromatic rings. The van der Waals surface area contributed by atoms with Crippen molar-refractivity contribution in [1.82, 2.24) is 5.32 Å². The van der Waals surface area contributed by atoms with Crippen LogP contribution >= 0.6 is 11.6 Å². The van der Waals surface area contributed by atoms with Crippen LogP contribution in [0, 0.1) is 0 Å². The number of hydrogen-bond donors (Lipinski definition) is 3. The van der Waals surface area contributed by atoms with Gasteiger partial charge in [0.05, 0.1) is 12.2 Å². The molecule has 24 heavy (non-hydrogen) atoms. The highest BCUT2D eigenvalue weighted by atomic mass is 35.5. The average molecular weight is 347 g/mol. The number of aliphatic hydroxyl groups is 1. The number of rotatable bonds is 7. The van der Waals surface area contributed by atoms with Crippen molar-refractivity contribution in [3.63, 3.8) is 0 Å². The summed E-state index contributed by atoms with van der Waals surface area (Å²) in [5.41, 5.74) is 1.21. The molecular formula is C18H19ClN2O3. The van der Waals surface area contributed by atoms with Crippen molar-refractivity contribution in [3.8, 4) is 0 Å². The van der Waals surface area contributed by atoms with Crippen molar-refractivity contribution in [2.45, 2.75) is 19.6 Å². The summed E-state index contributed by atoms with van der Waals surface area (Å²) >= 11 is 6.00. The normalized spacial score (nSPS) is 11.8. The van der Waals surface area contributed by atoms with E-state index in [1.54, 1.807) is 43.3 Å². The molecule has 0 heterocycles. The molecule has 1 atom stereocenters. The van der Waals surface area contributed by atoms with Gasteiger partial charge >= 0.3 is 0 Å². The Balaban J connectivity index is 2.19. The highest BCUT2D eigenvalue weighted by Crippen LogP contribution is 2.23. The number of nitrogens with one attached hydrogen (secondary N) is 2. The minimum Gasteiger partial charge on any atom is -0.379 e. The lowest BCUT2D eigenvalue weighted by Crippen LogP contribution is -2.35. The number of carbonyl (C=O) groups excluding carboxylic acids is 2. The fourth-order valence-corrected chi connectivity index (χ4v) is 2.28. The van der Waals surface area contributed by atoms with E-state index in [0.29, 0.717) is 28.3 Å². The minimum absolute atomic E-state index is 0.0589. The lowest BCUT2D eigenvalue weighted by atomic mass is 10.0. The molecule has 0 spiro atoms. The number of hydrogen-bond acceptors (Lipinski definition) is 4. The molecule has 0 aliphatic rings. The number of carbonyl (C=O) groups is 2. The average Bonchev–Trinajstić information content (AvgIpc) is 2.61. The van der Waals surface area contributed by atoms with E-state index in [1.807, 2.05) is 6.07 Å². The second kappa shape index (κ2) is 8.59. The summed E-state index contributed by atoms with van der Waals surface area (Å²) in [5.74, 6) is -0.582. The summed E-state index contributed by atoms with van der Waals surface area (Å²) in [6.07, 6.45) is -0.252. The van der Waals surface area contributed by atoms with Crippen LogP contribution in [-0.4, -0.2) is 29.6 Å². The van der Waals surface area contributed by atoms with E-state index in [9.17, 15) is 14.7 Å². The minimum atomic E-state index is -0.744. The molecule has 5 nitrogen and oxygen atoms in total. The van der Waals surface area contributed by atoms with Gasteiger partial charge in [-0.05, 0) is 24.6 Å². The van der Waals surface area contributed by atoms with Gasteiger partial charge in [-0.3, -0.25) is 14.9 Å². The number of benzene rings is 2. The van der Waals surface area contributed by atoms with Crippen LogP contribution in [-0.2, 0) is 4.79 Å². The molecule has 1 amide bonds. The van der Waals surface area contributed by atoms with Gasteiger partial charge in [0.1, 0.15) is 6.23 Å². The number of ketones is 1. The first-order valence-electron chi connectivity index (χ1n) is 7.62. The summed E-state index contributed by atoms with van der Waals surface area (Å²) in [4.78, 5) is 24.6. The molecular weight excluding hydrogens is 328 g/mol. The van der Waals surface area contributed by atoms with Gasteiger partial charge in [0.2, 0.25) is 5.91 Å². The number of aliphatic hydroxyl groups excluding tert-OH is 1. The first-order chi connectivity index (χ1) is 11.5. The van der Waals surface area contributed by atoms with Gasteiger partial charge in [-0.2, -0.15) is 0 Å². The molecule has 6 heteroatoms. The molecule has 3 N–H and O–H groups in total. The van der Waals surface area contributed by atoms with Crippen LogP contribution in [0.15, 0.2) is 48.5 Å². The zero-order valence-electron chi connectivity index (χ0n) is 13.3. The summed E-state index contributed by atoms with van der Waals surface area (Å²) < 4.78 is 0. The molecule has 0 saturated carbocycles. The lowest BCUT2D eigenvalue weighted by molar-refractivity contribution is -0.116. The van der Waals surface area contributed by atoms with E-state index in [2.05, 4.69) is 10.6 Å². The van der Waals surface area contributed by atoms with Gasteiger partial charge in [-0.15, -0.1) is 0 Å². The fraction of sp³-hybridized carbons (Fsp3) is 0.222. The van der Waals surface area contributed by atoms with Crippen molar-refractivity contribution >= 4 is 29.0 Å². The smallest absolute Gasteiger partial charge is 0.238 e. The van der Waals surface area contributed by atoms with E-state index >= 15 is 0 Å². The molecule has 0 fully saturated rings. The van der Waals surface area contributed by atoms with Crippen LogP contribution in [0.5, 0.6) is 0 Å². The Kier molecular flexibility index (Phi) is 6.49. The van der Waals surface area contributed by atoms with Gasteiger partial charge in [-0.25, -0.2) is 0 Å². The Morgan fingerprint density at radius 1 is 1.17 bits per heavy atom. The van der Waals surface area contributed by atoms with Gasteiger partial charge in [0, 0.05) is 16.1 Å². The summed E-state index contributed by atoms with van der Waals surface area (Å²) in [5, 5.41) is 15.2. The highest BCUT2D eigenvalue weighted by Gasteiger charge is 2.16. The first-order valence-corrected chi connectivity index (χ1v) is 7.99. The summed E-state index contributed by atoms with van der Waals surface area (Å²) in [6, 6.07) is 13.5. The Labute approximate surface area is 145 Å². The van der Waals surface area contributed by atoms with Crippen molar-refractivity contribution in [3.05, 3.63) is 64.7 Å². The molecule has 126 valence electrons. The number of halogens is 1. The maximum absolute atomic E-state index is 12.6. The third kappa shape index (κ3) is 4.89. The van der Waals surface area contributed by atoms with Crippen LogP contribution in [0.4, 0.5) is 5.69 Å². The Morgan fingerprint density at radius 3 is 2.54 bits per heavy atom. The van der Waals surface area contributed by atoms with Crippen molar-refractivity contribution in [1.29, 1.82) is 0 Å². The van der Waals surface area contributed by atoms with Gasteiger partial charge in [-0.1, -0.05) is 48.9 Å². The molecule has 0 radical (unpaired) electrons. The fourth-order valence-electron chi connectivity index (χ4n) is 2.11. The molecule has 0 bridgehead atoms. The molecule has 0 aliphatic heterocycles. The number of anilines is 1. The zero-order chi connectivity index (χ0) is 17.5. The van der Waals surface area contributed by atoms with Crippen LogP contribution in [0.2, 0.25) is 5.02 Å². The predicted molar refractivity (Wildman–Crippen MR) is 94.3 cm³/mol. The third-order valence-corrected chi connectivity index (χ3v) is 3.66. The monoisotopic (exact) mass is 346 g/mol. The van der Waals surface area contributed by atoms with E-state index in [0.717, 1.165) is 0 Å². The van der Waals surface area contributed by atoms with Crippen molar-refractivity contribution in [2.24, 2.45) is 0 Å². The molecule has 2 aromatic carbocycles. The maximum atomic E-state index is 12.6. The van der Waals surface area contributed by atoms with E-state index in [4.69, 9.17) is 11.6 Å². The SMILES string of the molecule is CCC(O)NCC(=O)Nc1ccc(Cl)cc1C(=O)c1ccccc1. The predicted octanol–water partition coefficient (Wildman–Crippen LogP) is 2.83. The Morgan fingerprint density at radius 2 is 1.88 bits per heavy atom. The first kappa shape index (κ1) is 18.1. The molecule has 0 aliphatic carbocycles. The maximum Gasteiger partial charge on any atom is 0.238 e. The van der Waals surface area contributed by atoms with E-state index < -0.39 is 6.23 Å². The largest absolute Gasteiger partial charge is 0.379 e. The zero-order valence-corrected chi connectivity index (χ0v) is 14.0. The van der Waals surface area contributed by atoms with Crippen LogP contribution < -0.4 is 10.6 Å². The van der Waals surface area contributed by atoms with Gasteiger partial charge in [0.25, 0.3) is 0 Å². The second-order valence-corrected chi connectivity index (χ2v) is 5.67. The van der Waals surface area contributed by atoms with Crippen LogP contribution in [0.25, 0.3) is 0 Å². The highest BCUT2D eigenvalue weighted by molar-refractivity contribution is 6.31. The molecule has 0 saturated heterocycles. The van der Waals surface area contributed by atoms with Crippen molar-refractivity contribution in [2.75, 3.05) is 11.9 Å². The molecule has 0 aromatic heterocycles. The summed E-state index contributed by atoms with van der Waals surface area (Å²) in [6.45, 7) is 1.74. The quantitative estimate of drug-likeness (QED) is 0.532.